The van der Waals surface area contributed by atoms with Gasteiger partial charge >= 0.3 is 18.9 Å². The van der Waals surface area contributed by atoms with Crippen LogP contribution in [0.15, 0.2) is 17.0 Å². The van der Waals surface area contributed by atoms with E-state index in [4.69, 9.17) is 17.3 Å². The molecule has 4 nitrogen and oxygen atoms in total. The van der Waals surface area contributed by atoms with Gasteiger partial charge in [-0.25, -0.2) is 8.42 Å². The van der Waals surface area contributed by atoms with Gasteiger partial charge in [-0.3, -0.25) is 0 Å². The van der Waals surface area contributed by atoms with Gasteiger partial charge in [0, 0.05) is 5.69 Å². The molecule has 2 N–H and O–H groups in total. The number of nitrogens with two attached hydrogens (primary N) is 1. The molecule has 0 aliphatic carbocycles. The first kappa shape index (κ1) is 13.8. The number of halogens is 1. The third-order valence-electron chi connectivity index (χ3n) is 1.65. The Balaban J connectivity index is 0.00000169. The molecule has 0 saturated heterocycles. The van der Waals surface area contributed by atoms with E-state index in [1.54, 1.807) is 0 Å². The van der Waals surface area contributed by atoms with E-state index >= 15 is 0 Å². The first-order chi connectivity index (χ1) is 5.84. The number of nitrogen functional groups attached to an aromatic ring is 1. The zero-order chi connectivity index (χ0) is 10.2. The predicted octanol–water partition coefficient (Wildman–Crippen LogP) is -1.86. The quantitative estimate of drug-likeness (QED) is 0.346. The molecule has 0 bridgehead atoms. The predicted molar refractivity (Wildman–Crippen MR) is 48.6 cm³/mol. The second-order valence-electron chi connectivity index (χ2n) is 2.54. The van der Waals surface area contributed by atoms with Crippen molar-refractivity contribution in [3.63, 3.8) is 0 Å². The molecule has 0 atom stereocenters. The summed E-state index contributed by atoms with van der Waals surface area (Å²) in [4.78, 5) is -0.436. The van der Waals surface area contributed by atoms with Gasteiger partial charge in [0.15, 0.2) is 0 Å². The summed E-state index contributed by atoms with van der Waals surface area (Å²) >= 11 is 5.55. The minimum absolute atomic E-state index is 0. The first-order valence-corrected chi connectivity index (χ1v) is 5.13. The Morgan fingerprint density at radius 2 is 1.93 bits per heavy atom. The van der Waals surface area contributed by atoms with Gasteiger partial charge in [0.1, 0.15) is 10.1 Å². The monoisotopic (exact) mass is 227 g/mol. The van der Waals surface area contributed by atoms with Crippen molar-refractivity contribution in [1.29, 1.82) is 0 Å². The molecule has 0 amide bonds. The minimum Gasteiger partial charge on any atom is -0.744 e. The summed E-state index contributed by atoms with van der Waals surface area (Å²) in [5.74, 6) is 0. The van der Waals surface area contributed by atoms with Gasteiger partial charge in [0.25, 0.3) is 0 Å². The van der Waals surface area contributed by atoms with E-state index in [-0.39, 0.29) is 35.1 Å². The van der Waals surface area contributed by atoms with Gasteiger partial charge < -0.3 is 10.3 Å². The Labute approximate surface area is 99.4 Å². The average Bonchev–Trinajstić information content (AvgIpc) is 1.95. The summed E-state index contributed by atoms with van der Waals surface area (Å²) in [6, 6.07) is 2.74. The van der Waals surface area contributed by atoms with Gasteiger partial charge in [-0.2, -0.15) is 0 Å². The summed E-state index contributed by atoms with van der Waals surface area (Å²) in [5.41, 5.74) is 5.86. The van der Waals surface area contributed by atoms with Crippen LogP contribution in [0, 0.1) is 6.92 Å². The molecule has 72 valence electrons. The smallest absolute Gasteiger partial charge is 0.744 e. The van der Waals surface area contributed by atoms with Crippen molar-refractivity contribution < 1.29 is 31.8 Å². The Morgan fingerprint density at radius 1 is 1.43 bits per heavy atom. The van der Waals surface area contributed by atoms with E-state index in [0.717, 1.165) is 0 Å². The molecule has 1 aromatic carbocycles. The zero-order valence-electron chi connectivity index (χ0n) is 7.74. The Morgan fingerprint density at radius 3 is 2.29 bits per heavy atom. The van der Waals surface area contributed by atoms with Crippen LogP contribution in [0.5, 0.6) is 0 Å². The van der Waals surface area contributed by atoms with Crippen LogP contribution in [-0.4, -0.2) is 13.0 Å². The van der Waals surface area contributed by atoms with Crippen molar-refractivity contribution in [3.05, 3.63) is 22.7 Å². The van der Waals surface area contributed by atoms with Gasteiger partial charge in [0.2, 0.25) is 0 Å². The first-order valence-electron chi connectivity index (χ1n) is 3.34. The van der Waals surface area contributed by atoms with Gasteiger partial charge in [-0.05, 0) is 24.6 Å². The van der Waals surface area contributed by atoms with Crippen LogP contribution in [0.25, 0.3) is 0 Å². The molecule has 0 aromatic heterocycles. The van der Waals surface area contributed by atoms with Gasteiger partial charge in [-0.1, -0.05) is 11.6 Å². The van der Waals surface area contributed by atoms with Crippen molar-refractivity contribution in [3.8, 4) is 0 Å². The van der Waals surface area contributed by atoms with E-state index in [1.807, 2.05) is 0 Å². The molecule has 1 rings (SSSR count). The summed E-state index contributed by atoms with van der Waals surface area (Å²) in [5, 5.41) is -0.0956. The normalized spacial score (nSPS) is 10.8. The van der Waals surface area contributed by atoms with Crippen molar-refractivity contribution in [2.45, 2.75) is 11.8 Å². The fourth-order valence-electron chi connectivity index (χ4n) is 0.981. The Kier molecular flexibility index (Phi) is 4.50. The van der Waals surface area contributed by atoms with E-state index in [2.05, 4.69) is 0 Å². The molecule has 0 aliphatic rings. The fraction of sp³-hybridized carbons (Fsp3) is 0.143. The van der Waals surface area contributed by atoms with E-state index in [0.29, 0.717) is 0 Å². The molecular formula is C7H7ClLiNO3S. The second-order valence-corrected chi connectivity index (χ2v) is 4.27. The Hall–Kier alpha value is -0.183. The maximum Gasteiger partial charge on any atom is 1.00 e. The molecule has 7 heteroatoms. The van der Waals surface area contributed by atoms with E-state index in [9.17, 15) is 13.0 Å². The molecule has 14 heavy (non-hydrogen) atoms. The third kappa shape index (κ3) is 2.66. The van der Waals surface area contributed by atoms with Crippen LogP contribution >= 0.6 is 11.6 Å². The summed E-state index contributed by atoms with van der Waals surface area (Å²) < 4.78 is 32.2. The second kappa shape index (κ2) is 4.56. The van der Waals surface area contributed by atoms with Crippen LogP contribution < -0.4 is 24.6 Å². The molecule has 0 unspecified atom stereocenters. The average molecular weight is 228 g/mol. The SMILES string of the molecule is Cc1c(N)ccc(Cl)c1S(=O)(=O)[O-].[Li+]. The minimum atomic E-state index is -4.55. The number of hydrogen-bond acceptors (Lipinski definition) is 4. The standard InChI is InChI=1S/C7H8ClNO3S.Li/c1-4-6(9)3-2-5(8)7(4)13(10,11)12;/h2-3H,9H2,1H3,(H,10,11,12);/q;+1/p-1. The topological polar surface area (TPSA) is 83.2 Å². The van der Waals surface area contributed by atoms with Gasteiger partial charge in [0.05, 0.1) is 9.92 Å². The molecule has 0 heterocycles. The largest absolute Gasteiger partial charge is 1.00 e. The molecule has 0 aliphatic heterocycles. The molecule has 0 saturated carbocycles. The number of benzene rings is 1. The number of rotatable bonds is 1. The fourth-order valence-corrected chi connectivity index (χ4v) is 2.27. The molecule has 0 fully saturated rings. The molecule has 1 aromatic rings. The summed E-state index contributed by atoms with van der Waals surface area (Å²) in [7, 11) is -4.55. The summed E-state index contributed by atoms with van der Waals surface area (Å²) in [6.07, 6.45) is 0. The maximum atomic E-state index is 10.7. The van der Waals surface area contributed by atoms with Crippen LogP contribution in [0.1, 0.15) is 5.56 Å². The third-order valence-corrected chi connectivity index (χ3v) is 3.10. The maximum absolute atomic E-state index is 10.7. The molecule has 0 spiro atoms. The summed E-state index contributed by atoms with van der Waals surface area (Å²) in [6.45, 7) is 1.44. The van der Waals surface area contributed by atoms with Crippen LogP contribution in [0.2, 0.25) is 5.02 Å². The van der Waals surface area contributed by atoms with Crippen LogP contribution in [-0.2, 0) is 10.1 Å². The van der Waals surface area contributed by atoms with Crippen molar-refractivity contribution in [1.82, 2.24) is 0 Å². The number of hydrogen-bond donors (Lipinski definition) is 1. The molecular weight excluding hydrogens is 221 g/mol. The van der Waals surface area contributed by atoms with E-state index in [1.165, 1.54) is 19.1 Å². The van der Waals surface area contributed by atoms with E-state index < -0.39 is 15.0 Å². The van der Waals surface area contributed by atoms with Crippen molar-refractivity contribution >= 4 is 27.4 Å². The zero-order valence-corrected chi connectivity index (χ0v) is 9.32. The van der Waals surface area contributed by atoms with Crippen molar-refractivity contribution in [2.75, 3.05) is 5.73 Å². The number of anilines is 1. The Bertz CT molecular complexity index is 446. The van der Waals surface area contributed by atoms with Crippen LogP contribution in [0.4, 0.5) is 5.69 Å². The van der Waals surface area contributed by atoms with Gasteiger partial charge in [-0.15, -0.1) is 0 Å². The van der Waals surface area contributed by atoms with Crippen LogP contribution in [0.3, 0.4) is 0 Å². The molecule has 0 radical (unpaired) electrons. The van der Waals surface area contributed by atoms with Crippen molar-refractivity contribution in [2.24, 2.45) is 0 Å².